The number of furan rings is 1. The highest BCUT2D eigenvalue weighted by Gasteiger charge is 2.55. The average molecular weight is 539 g/mol. The monoisotopic (exact) mass is 539 g/mol. The van der Waals surface area contributed by atoms with Gasteiger partial charge in [-0.15, -0.1) is 0 Å². The lowest BCUT2D eigenvalue weighted by atomic mass is 9.68. The van der Waals surface area contributed by atoms with Gasteiger partial charge in [-0.2, -0.15) is 0 Å². The number of amides is 2. The van der Waals surface area contributed by atoms with Crippen molar-refractivity contribution in [2.75, 3.05) is 25.2 Å². The van der Waals surface area contributed by atoms with Crippen molar-refractivity contribution in [3.05, 3.63) is 64.6 Å². The lowest BCUT2D eigenvalue weighted by Gasteiger charge is -2.36. The average Bonchev–Trinajstić information content (AvgIpc) is 3.48. The molecule has 4 rings (SSSR count). The number of allylic oxidation sites excluding steroid dienone is 1. The molecule has 4 atom stereocenters. The molecule has 2 heterocycles. The van der Waals surface area contributed by atoms with Gasteiger partial charge in [-0.05, 0) is 73.1 Å². The molecular formula is C28H34BNO9. The SMILES string of the molecule is COCC1=C([C@H](O)CC/C(C)=C/c2ccc(CO)o2)[C@H](CO)[C@@H]2C(=O)N(c3cccc(B(O)O)c3)C(=O)[C@@H]2C1. The summed E-state index contributed by atoms with van der Waals surface area (Å²) < 4.78 is 10.9. The minimum atomic E-state index is -1.76. The zero-order valence-electron chi connectivity index (χ0n) is 22.0. The molecule has 1 aromatic heterocycles. The summed E-state index contributed by atoms with van der Waals surface area (Å²) in [6.45, 7) is 1.41. The number of aliphatic hydroxyl groups excluding tert-OH is 3. The van der Waals surface area contributed by atoms with Gasteiger partial charge in [-0.1, -0.05) is 17.7 Å². The molecule has 0 radical (unpaired) electrons. The minimum absolute atomic E-state index is 0.140. The van der Waals surface area contributed by atoms with E-state index < -0.39 is 49.4 Å². The zero-order chi connectivity index (χ0) is 28.3. The minimum Gasteiger partial charge on any atom is -0.459 e. The molecule has 0 unspecified atom stereocenters. The summed E-state index contributed by atoms with van der Waals surface area (Å²) in [5.74, 6) is -2.27. The van der Waals surface area contributed by atoms with E-state index in [0.29, 0.717) is 35.5 Å². The molecule has 10 nitrogen and oxygen atoms in total. The third-order valence-corrected chi connectivity index (χ3v) is 7.52. The van der Waals surface area contributed by atoms with Gasteiger partial charge in [0.1, 0.15) is 18.1 Å². The van der Waals surface area contributed by atoms with E-state index in [9.17, 15) is 35.0 Å². The summed E-state index contributed by atoms with van der Waals surface area (Å²) in [6, 6.07) is 9.36. The largest absolute Gasteiger partial charge is 0.488 e. The first-order valence-corrected chi connectivity index (χ1v) is 12.9. The Bertz CT molecular complexity index is 1270. The molecule has 1 aromatic carbocycles. The van der Waals surface area contributed by atoms with Crippen LogP contribution in [0.25, 0.3) is 6.08 Å². The predicted molar refractivity (Wildman–Crippen MR) is 143 cm³/mol. The Hall–Kier alpha value is -3.06. The number of nitrogens with zero attached hydrogens (tertiary/aromatic N) is 1. The molecule has 0 saturated carbocycles. The molecule has 208 valence electrons. The molecule has 0 bridgehead atoms. The van der Waals surface area contributed by atoms with Crippen LogP contribution in [0, 0.1) is 17.8 Å². The van der Waals surface area contributed by atoms with E-state index in [1.54, 1.807) is 18.2 Å². The molecule has 1 aliphatic heterocycles. The number of carbonyl (C=O) groups excluding carboxylic acids is 2. The van der Waals surface area contributed by atoms with Gasteiger partial charge < -0.3 is 34.5 Å². The van der Waals surface area contributed by atoms with Crippen LogP contribution in [0.2, 0.25) is 0 Å². The van der Waals surface area contributed by atoms with E-state index in [4.69, 9.17) is 9.15 Å². The van der Waals surface area contributed by atoms with Crippen molar-refractivity contribution < 1.29 is 44.1 Å². The number of anilines is 1. The van der Waals surface area contributed by atoms with Gasteiger partial charge in [0.2, 0.25) is 11.8 Å². The molecule has 2 aromatic rings. The highest BCUT2D eigenvalue weighted by molar-refractivity contribution is 6.58. The fraction of sp³-hybridized carbons (Fsp3) is 0.429. The van der Waals surface area contributed by atoms with Gasteiger partial charge >= 0.3 is 7.12 Å². The van der Waals surface area contributed by atoms with Crippen molar-refractivity contribution in [2.24, 2.45) is 17.8 Å². The lowest BCUT2D eigenvalue weighted by Crippen LogP contribution is -2.39. The first kappa shape index (κ1) is 28.9. The van der Waals surface area contributed by atoms with Crippen molar-refractivity contribution >= 4 is 36.2 Å². The normalized spacial score (nSPS) is 22.5. The van der Waals surface area contributed by atoms with Crippen LogP contribution in [0.4, 0.5) is 5.69 Å². The maximum atomic E-state index is 13.6. The molecule has 11 heteroatoms. The van der Waals surface area contributed by atoms with Crippen molar-refractivity contribution in [3.8, 4) is 0 Å². The highest BCUT2D eigenvalue weighted by Crippen LogP contribution is 2.47. The van der Waals surface area contributed by atoms with Crippen molar-refractivity contribution in [1.29, 1.82) is 0 Å². The zero-order valence-corrected chi connectivity index (χ0v) is 22.0. The molecule has 1 aliphatic carbocycles. The Kier molecular flexibility index (Phi) is 9.21. The van der Waals surface area contributed by atoms with E-state index in [1.807, 2.05) is 13.0 Å². The summed E-state index contributed by atoms with van der Waals surface area (Å²) in [6.07, 6.45) is 1.86. The second-order valence-corrected chi connectivity index (χ2v) is 10.1. The summed E-state index contributed by atoms with van der Waals surface area (Å²) in [7, 11) is -0.253. The van der Waals surface area contributed by atoms with Crippen LogP contribution in [0.3, 0.4) is 0 Å². The van der Waals surface area contributed by atoms with Gasteiger partial charge in [0.05, 0.1) is 36.8 Å². The molecule has 1 fully saturated rings. The van der Waals surface area contributed by atoms with Crippen molar-refractivity contribution in [3.63, 3.8) is 0 Å². The number of aliphatic hydroxyl groups is 3. The number of rotatable bonds is 11. The van der Waals surface area contributed by atoms with Crippen molar-refractivity contribution in [1.82, 2.24) is 0 Å². The molecular weight excluding hydrogens is 505 g/mol. The van der Waals surface area contributed by atoms with E-state index >= 15 is 0 Å². The van der Waals surface area contributed by atoms with Crippen LogP contribution >= 0.6 is 0 Å². The third-order valence-electron chi connectivity index (χ3n) is 7.52. The summed E-state index contributed by atoms with van der Waals surface area (Å²) in [5.41, 5.74) is 2.51. The second kappa shape index (κ2) is 12.4. The number of ether oxygens (including phenoxy) is 1. The number of fused-ring (bicyclic) bond motifs is 1. The molecule has 0 spiro atoms. The number of imide groups is 1. The first-order valence-electron chi connectivity index (χ1n) is 12.9. The van der Waals surface area contributed by atoms with Gasteiger partial charge in [-0.3, -0.25) is 14.5 Å². The van der Waals surface area contributed by atoms with Crippen LogP contribution in [-0.2, 0) is 20.9 Å². The first-order chi connectivity index (χ1) is 18.7. The van der Waals surface area contributed by atoms with Gasteiger partial charge in [0.25, 0.3) is 0 Å². The Morgan fingerprint density at radius 1 is 1.21 bits per heavy atom. The Balaban J connectivity index is 1.59. The van der Waals surface area contributed by atoms with E-state index in [1.165, 1.54) is 25.3 Å². The van der Waals surface area contributed by atoms with Crippen LogP contribution in [-0.4, -0.2) is 70.7 Å². The fourth-order valence-electron chi connectivity index (χ4n) is 5.74. The number of carbonyl (C=O) groups is 2. The summed E-state index contributed by atoms with van der Waals surface area (Å²) in [5, 5.41) is 50.0. The Labute approximate surface area is 227 Å². The molecule has 2 amide bonds. The Morgan fingerprint density at radius 2 is 1.97 bits per heavy atom. The van der Waals surface area contributed by atoms with E-state index in [2.05, 4.69) is 0 Å². The quantitative estimate of drug-likeness (QED) is 0.158. The number of methoxy groups -OCH3 is 1. The summed E-state index contributed by atoms with van der Waals surface area (Å²) >= 11 is 0. The van der Waals surface area contributed by atoms with Gasteiger partial charge in [0.15, 0.2) is 0 Å². The Morgan fingerprint density at radius 3 is 2.62 bits per heavy atom. The maximum absolute atomic E-state index is 13.6. The lowest BCUT2D eigenvalue weighted by molar-refractivity contribution is -0.123. The highest BCUT2D eigenvalue weighted by atomic mass is 16.5. The second-order valence-electron chi connectivity index (χ2n) is 10.1. The smallest absolute Gasteiger partial charge is 0.459 e. The summed E-state index contributed by atoms with van der Waals surface area (Å²) in [4.78, 5) is 28.1. The van der Waals surface area contributed by atoms with Crippen molar-refractivity contribution in [2.45, 2.75) is 38.9 Å². The molecule has 39 heavy (non-hydrogen) atoms. The van der Waals surface area contributed by atoms with Crippen LogP contribution in [0.5, 0.6) is 0 Å². The van der Waals surface area contributed by atoms with E-state index in [0.717, 1.165) is 10.5 Å². The predicted octanol–water partition coefficient (Wildman–Crippen LogP) is 0.757. The number of hydrogen-bond donors (Lipinski definition) is 5. The van der Waals surface area contributed by atoms with Gasteiger partial charge in [-0.25, -0.2) is 0 Å². The molecule has 1 saturated heterocycles. The molecule has 5 N–H and O–H groups in total. The number of hydrogen-bond acceptors (Lipinski definition) is 9. The molecule has 2 aliphatic rings. The topological polar surface area (TPSA) is 161 Å². The van der Waals surface area contributed by atoms with Crippen LogP contribution in [0.1, 0.15) is 37.7 Å². The van der Waals surface area contributed by atoms with Crippen LogP contribution in [0.15, 0.2) is 57.5 Å². The fourth-order valence-corrected chi connectivity index (χ4v) is 5.74. The third kappa shape index (κ3) is 5.93. The number of benzene rings is 1. The van der Waals surface area contributed by atoms with E-state index in [-0.39, 0.29) is 30.8 Å². The maximum Gasteiger partial charge on any atom is 0.488 e. The van der Waals surface area contributed by atoms with Gasteiger partial charge in [0, 0.05) is 13.0 Å². The standard InChI is InChI=1S/C28H34BNO9/c1-16(10-20-7-8-21(13-31)39-20)6-9-24(33)25-17(15-38-2)11-22-26(23(25)14-32)28(35)30(27(22)34)19-5-3-4-18(12-19)29(36)37/h3-5,7-8,10,12,22-24,26,31-33,36-37H,6,9,11,13-15H2,1-2H3/b16-10+/t22-,23+,24-,26-/m1/s1. The van der Waals surface area contributed by atoms with Crippen LogP contribution < -0.4 is 10.4 Å².